The summed E-state index contributed by atoms with van der Waals surface area (Å²) in [5.41, 5.74) is 4.23. The van der Waals surface area contributed by atoms with Gasteiger partial charge in [-0.1, -0.05) is 57.2 Å². The van der Waals surface area contributed by atoms with E-state index < -0.39 is 0 Å². The van der Waals surface area contributed by atoms with Crippen molar-refractivity contribution in [2.75, 3.05) is 5.32 Å². The average Bonchev–Trinajstić information content (AvgIpc) is 2.97. The van der Waals surface area contributed by atoms with Crippen molar-refractivity contribution < 1.29 is 4.79 Å². The van der Waals surface area contributed by atoms with Gasteiger partial charge in [-0.3, -0.25) is 4.79 Å². The van der Waals surface area contributed by atoms with E-state index in [-0.39, 0.29) is 11.3 Å². The van der Waals surface area contributed by atoms with E-state index in [1.165, 1.54) is 0 Å². The third-order valence-corrected chi connectivity index (χ3v) is 4.24. The molecule has 4 nitrogen and oxygen atoms in total. The van der Waals surface area contributed by atoms with Crippen LogP contribution in [-0.2, 0) is 5.41 Å². The Morgan fingerprint density at radius 3 is 2.32 bits per heavy atom. The summed E-state index contributed by atoms with van der Waals surface area (Å²) in [7, 11) is 0. The Balaban J connectivity index is 1.90. The average molecular weight is 333 g/mol. The van der Waals surface area contributed by atoms with E-state index in [1.54, 1.807) is 10.9 Å². The Morgan fingerprint density at radius 2 is 1.64 bits per heavy atom. The van der Waals surface area contributed by atoms with Gasteiger partial charge in [0.25, 0.3) is 5.91 Å². The van der Waals surface area contributed by atoms with E-state index in [1.807, 2.05) is 55.5 Å². The molecule has 0 aliphatic carbocycles. The zero-order valence-electron chi connectivity index (χ0n) is 15.1. The van der Waals surface area contributed by atoms with Crippen molar-refractivity contribution in [3.8, 4) is 5.69 Å². The Kier molecular flexibility index (Phi) is 4.45. The Labute approximate surface area is 148 Å². The maximum atomic E-state index is 12.8. The Bertz CT molecular complexity index is 889. The predicted molar refractivity (Wildman–Crippen MR) is 101 cm³/mol. The molecular weight excluding hydrogens is 310 g/mol. The molecule has 3 aromatic rings. The van der Waals surface area contributed by atoms with Crippen molar-refractivity contribution in [1.29, 1.82) is 0 Å². The lowest BCUT2D eigenvalue weighted by Gasteiger charge is -2.23. The van der Waals surface area contributed by atoms with Crippen LogP contribution in [0.5, 0.6) is 0 Å². The fourth-order valence-corrected chi connectivity index (χ4v) is 2.90. The first-order valence-electron chi connectivity index (χ1n) is 8.39. The third kappa shape index (κ3) is 3.48. The molecule has 1 amide bonds. The van der Waals surface area contributed by atoms with Gasteiger partial charge in [-0.15, -0.1) is 0 Å². The molecule has 0 aliphatic rings. The lowest BCUT2D eigenvalue weighted by Crippen LogP contribution is -2.19. The molecule has 4 heteroatoms. The molecule has 128 valence electrons. The summed E-state index contributed by atoms with van der Waals surface area (Å²) in [5.74, 6) is -0.142. The fraction of sp³-hybridized carbons (Fsp3) is 0.238. The van der Waals surface area contributed by atoms with E-state index in [4.69, 9.17) is 0 Å². The highest BCUT2D eigenvalue weighted by Crippen LogP contribution is 2.29. The van der Waals surface area contributed by atoms with Crippen molar-refractivity contribution in [2.24, 2.45) is 0 Å². The molecule has 0 spiro atoms. The molecule has 0 fully saturated rings. The van der Waals surface area contributed by atoms with Crippen LogP contribution in [0.2, 0.25) is 0 Å². The molecule has 1 aromatic heterocycles. The third-order valence-electron chi connectivity index (χ3n) is 4.24. The summed E-state index contributed by atoms with van der Waals surface area (Å²) in [4.78, 5) is 12.8. The quantitative estimate of drug-likeness (QED) is 0.753. The van der Waals surface area contributed by atoms with Gasteiger partial charge in [-0.2, -0.15) is 5.10 Å². The molecule has 0 radical (unpaired) electrons. The Morgan fingerprint density at radius 1 is 1.00 bits per heavy atom. The van der Waals surface area contributed by atoms with Crippen LogP contribution >= 0.6 is 0 Å². The number of anilines is 1. The summed E-state index contributed by atoms with van der Waals surface area (Å²) in [6.45, 7) is 8.31. The first kappa shape index (κ1) is 17.0. The number of para-hydroxylation sites is 2. The largest absolute Gasteiger partial charge is 0.322 e. The van der Waals surface area contributed by atoms with Gasteiger partial charge in [0.2, 0.25) is 0 Å². The monoisotopic (exact) mass is 333 g/mol. The number of hydrogen-bond donors (Lipinski definition) is 1. The Hall–Kier alpha value is -2.88. The van der Waals surface area contributed by atoms with Crippen LogP contribution in [0.1, 0.15) is 42.4 Å². The van der Waals surface area contributed by atoms with Crippen molar-refractivity contribution >= 4 is 11.6 Å². The van der Waals surface area contributed by atoms with Crippen LogP contribution in [0.3, 0.4) is 0 Å². The summed E-state index contributed by atoms with van der Waals surface area (Å²) in [6, 6.07) is 17.7. The highest BCUT2D eigenvalue weighted by molar-refractivity contribution is 6.05. The van der Waals surface area contributed by atoms with Gasteiger partial charge in [0.1, 0.15) is 0 Å². The highest BCUT2D eigenvalue weighted by Gasteiger charge is 2.20. The predicted octanol–water partition coefficient (Wildman–Crippen LogP) is 4.73. The number of carbonyl (C=O) groups is 1. The molecule has 0 bridgehead atoms. The van der Waals surface area contributed by atoms with Crippen LogP contribution in [-0.4, -0.2) is 15.7 Å². The maximum Gasteiger partial charge on any atom is 0.259 e. The normalized spacial score (nSPS) is 11.4. The highest BCUT2D eigenvalue weighted by atomic mass is 16.1. The van der Waals surface area contributed by atoms with E-state index in [0.29, 0.717) is 5.56 Å². The zero-order chi connectivity index (χ0) is 18.0. The number of amides is 1. The standard InChI is InChI=1S/C21H23N3O/c1-15-17(14-22-24(15)16-10-6-5-7-11-16)20(25)23-19-13-9-8-12-18(19)21(2,3)4/h5-14H,1-4H3,(H,23,25). The first-order chi connectivity index (χ1) is 11.9. The first-order valence-corrected chi connectivity index (χ1v) is 8.39. The van der Waals surface area contributed by atoms with E-state index in [0.717, 1.165) is 22.6 Å². The minimum atomic E-state index is -0.142. The minimum Gasteiger partial charge on any atom is -0.322 e. The summed E-state index contributed by atoms with van der Waals surface area (Å²) in [5, 5.41) is 7.42. The van der Waals surface area contributed by atoms with E-state index in [9.17, 15) is 4.79 Å². The maximum absolute atomic E-state index is 12.8. The van der Waals surface area contributed by atoms with Gasteiger partial charge in [0.15, 0.2) is 0 Å². The van der Waals surface area contributed by atoms with Crippen LogP contribution in [0, 0.1) is 6.92 Å². The molecule has 0 atom stereocenters. The van der Waals surface area contributed by atoms with Crippen LogP contribution < -0.4 is 5.32 Å². The molecule has 2 aromatic carbocycles. The number of rotatable bonds is 3. The second-order valence-corrected chi connectivity index (χ2v) is 7.14. The van der Waals surface area contributed by atoms with E-state index in [2.05, 4.69) is 37.3 Å². The molecule has 1 heterocycles. The van der Waals surface area contributed by atoms with Gasteiger partial charge in [0.05, 0.1) is 23.1 Å². The van der Waals surface area contributed by atoms with Crippen molar-refractivity contribution in [1.82, 2.24) is 9.78 Å². The number of aromatic nitrogens is 2. The summed E-state index contributed by atoms with van der Waals surface area (Å²) < 4.78 is 1.78. The van der Waals surface area contributed by atoms with Crippen LogP contribution in [0.4, 0.5) is 5.69 Å². The molecule has 0 saturated heterocycles. The number of hydrogen-bond acceptors (Lipinski definition) is 2. The second-order valence-electron chi connectivity index (χ2n) is 7.14. The van der Waals surface area contributed by atoms with Crippen LogP contribution in [0.25, 0.3) is 5.69 Å². The molecular formula is C21H23N3O. The minimum absolute atomic E-state index is 0.0485. The lowest BCUT2D eigenvalue weighted by molar-refractivity contribution is 0.102. The summed E-state index contributed by atoms with van der Waals surface area (Å²) in [6.07, 6.45) is 1.62. The lowest BCUT2D eigenvalue weighted by atomic mass is 9.86. The number of nitrogens with one attached hydrogen (secondary N) is 1. The zero-order valence-corrected chi connectivity index (χ0v) is 15.1. The van der Waals surface area contributed by atoms with Gasteiger partial charge in [0, 0.05) is 5.69 Å². The van der Waals surface area contributed by atoms with Crippen molar-refractivity contribution in [3.05, 3.63) is 77.6 Å². The number of nitrogens with zero attached hydrogens (tertiary/aromatic N) is 2. The van der Waals surface area contributed by atoms with Gasteiger partial charge >= 0.3 is 0 Å². The fourth-order valence-electron chi connectivity index (χ4n) is 2.90. The summed E-state index contributed by atoms with van der Waals surface area (Å²) >= 11 is 0. The van der Waals surface area contributed by atoms with Crippen LogP contribution in [0.15, 0.2) is 60.8 Å². The smallest absolute Gasteiger partial charge is 0.259 e. The topological polar surface area (TPSA) is 46.9 Å². The number of benzene rings is 2. The molecule has 0 aliphatic heterocycles. The van der Waals surface area contributed by atoms with E-state index >= 15 is 0 Å². The molecule has 3 rings (SSSR count). The molecule has 1 N–H and O–H groups in total. The van der Waals surface area contributed by atoms with Crippen molar-refractivity contribution in [2.45, 2.75) is 33.1 Å². The molecule has 25 heavy (non-hydrogen) atoms. The number of carbonyl (C=O) groups excluding carboxylic acids is 1. The molecule has 0 unspecified atom stereocenters. The molecule has 0 saturated carbocycles. The van der Waals surface area contributed by atoms with Crippen molar-refractivity contribution in [3.63, 3.8) is 0 Å². The SMILES string of the molecule is Cc1c(C(=O)Nc2ccccc2C(C)(C)C)cnn1-c1ccccc1. The van der Waals surface area contributed by atoms with Gasteiger partial charge < -0.3 is 5.32 Å². The second kappa shape index (κ2) is 6.55. The van der Waals surface area contributed by atoms with Gasteiger partial charge in [-0.25, -0.2) is 4.68 Å². The van der Waals surface area contributed by atoms with Gasteiger partial charge in [-0.05, 0) is 36.1 Å².